The molecule has 0 bridgehead atoms. The predicted octanol–water partition coefficient (Wildman–Crippen LogP) is 0.162. The number of nitrogens with one attached hydrogen (secondary N) is 2. The first-order valence-corrected chi connectivity index (χ1v) is 6.90. The van der Waals surface area contributed by atoms with Crippen molar-refractivity contribution in [2.24, 2.45) is 0 Å². The van der Waals surface area contributed by atoms with Crippen LogP contribution in [-0.4, -0.2) is 26.5 Å². The third-order valence-electron chi connectivity index (χ3n) is 4.16. The van der Waals surface area contributed by atoms with Crippen molar-refractivity contribution in [2.45, 2.75) is 44.1 Å². The minimum atomic E-state index is -1.17. The summed E-state index contributed by atoms with van der Waals surface area (Å²) in [5, 5.41) is 11.4. The molecule has 0 spiro atoms. The van der Waals surface area contributed by atoms with Crippen LogP contribution in [0.1, 0.15) is 49.6 Å². The van der Waals surface area contributed by atoms with Crippen LogP contribution in [0.4, 0.5) is 5.82 Å². The normalized spacial score (nSPS) is 21.3. The maximum atomic E-state index is 12.1. The number of aromatic amines is 1. The van der Waals surface area contributed by atoms with Gasteiger partial charge in [-0.05, 0) is 12.8 Å². The first-order chi connectivity index (χ1) is 9.99. The maximum Gasteiger partial charge on any atom is 0.330 e. The van der Waals surface area contributed by atoms with Crippen LogP contribution in [0.5, 0.6) is 0 Å². The molecule has 0 saturated heterocycles. The van der Waals surface area contributed by atoms with Gasteiger partial charge in [-0.15, -0.1) is 0 Å². The molecule has 1 aliphatic carbocycles. The molecule has 21 heavy (non-hydrogen) atoms. The van der Waals surface area contributed by atoms with Gasteiger partial charge in [0.15, 0.2) is 0 Å². The molecule has 1 aromatic heterocycles. The van der Waals surface area contributed by atoms with Gasteiger partial charge in [-0.1, -0.05) is 12.8 Å². The highest BCUT2D eigenvalue weighted by atomic mass is 16.4. The van der Waals surface area contributed by atoms with Crippen molar-refractivity contribution in [3.8, 4) is 0 Å². The van der Waals surface area contributed by atoms with Crippen LogP contribution in [0.25, 0.3) is 0 Å². The van der Waals surface area contributed by atoms with E-state index in [0.29, 0.717) is 0 Å². The monoisotopic (exact) mass is 293 g/mol. The number of hydrogen-bond donors (Lipinski definition) is 3. The molecule has 0 aromatic carbocycles. The van der Waals surface area contributed by atoms with Gasteiger partial charge in [0.1, 0.15) is 5.82 Å². The summed E-state index contributed by atoms with van der Waals surface area (Å²) in [5.74, 6) is -2.59. The van der Waals surface area contributed by atoms with Gasteiger partial charge in [0.2, 0.25) is 5.91 Å². The number of aliphatic carboxylic acids is 1. The van der Waals surface area contributed by atoms with E-state index in [1.165, 1.54) is 4.57 Å². The average molecular weight is 293 g/mol. The molecule has 1 amide bonds. The molecule has 1 fully saturated rings. The quantitative estimate of drug-likeness (QED) is 0.733. The van der Waals surface area contributed by atoms with E-state index in [0.717, 1.165) is 25.7 Å². The third kappa shape index (κ3) is 2.16. The van der Waals surface area contributed by atoms with E-state index in [9.17, 15) is 19.2 Å². The van der Waals surface area contributed by atoms with E-state index in [2.05, 4.69) is 10.3 Å². The van der Waals surface area contributed by atoms with Gasteiger partial charge in [0.25, 0.3) is 5.56 Å². The van der Waals surface area contributed by atoms with Crippen molar-refractivity contribution < 1.29 is 14.7 Å². The highest BCUT2D eigenvalue weighted by Gasteiger charge is 2.38. The van der Waals surface area contributed by atoms with Crippen LogP contribution < -0.4 is 16.6 Å². The molecule has 1 unspecified atom stereocenters. The number of anilines is 1. The van der Waals surface area contributed by atoms with E-state index in [1.54, 1.807) is 0 Å². The molecule has 1 aromatic rings. The van der Waals surface area contributed by atoms with Crippen LogP contribution in [0.3, 0.4) is 0 Å². The number of H-pyrrole nitrogens is 1. The second kappa shape index (κ2) is 4.87. The lowest BCUT2D eigenvalue weighted by atomic mass is 9.99. The summed E-state index contributed by atoms with van der Waals surface area (Å²) >= 11 is 0. The fourth-order valence-electron chi connectivity index (χ4n) is 3.23. The molecule has 2 heterocycles. The Hall–Kier alpha value is -2.38. The summed E-state index contributed by atoms with van der Waals surface area (Å²) < 4.78 is 1.41. The van der Waals surface area contributed by atoms with Crippen molar-refractivity contribution in [1.29, 1.82) is 0 Å². The molecule has 8 heteroatoms. The van der Waals surface area contributed by atoms with E-state index in [4.69, 9.17) is 5.11 Å². The second-order valence-electron chi connectivity index (χ2n) is 5.47. The number of rotatable bonds is 3. The number of hydrogen-bond acceptors (Lipinski definition) is 4. The minimum Gasteiger partial charge on any atom is -0.481 e. The number of carbonyl (C=O) groups excluding carboxylic acids is 1. The van der Waals surface area contributed by atoms with Crippen LogP contribution >= 0.6 is 0 Å². The summed E-state index contributed by atoms with van der Waals surface area (Å²) in [6.07, 6.45) is 3.11. The summed E-state index contributed by atoms with van der Waals surface area (Å²) in [6.45, 7) is 0. The predicted molar refractivity (Wildman–Crippen MR) is 72.5 cm³/mol. The highest BCUT2D eigenvalue weighted by molar-refractivity contribution is 6.03. The first kappa shape index (κ1) is 13.6. The second-order valence-corrected chi connectivity index (χ2v) is 5.47. The van der Waals surface area contributed by atoms with Crippen molar-refractivity contribution >= 4 is 17.7 Å². The molecular weight excluding hydrogens is 278 g/mol. The zero-order valence-corrected chi connectivity index (χ0v) is 11.2. The maximum absolute atomic E-state index is 12.1. The summed E-state index contributed by atoms with van der Waals surface area (Å²) in [7, 11) is 0. The molecule has 1 atom stereocenters. The SMILES string of the molecule is O=C(O)CC1C(=O)Nc2c1c(=O)[nH]c(=O)n2C1CCCC1. The fraction of sp³-hybridized carbons (Fsp3) is 0.538. The molecule has 112 valence electrons. The Kier molecular flexibility index (Phi) is 3.15. The first-order valence-electron chi connectivity index (χ1n) is 6.90. The number of carboxylic acids is 1. The molecule has 1 aliphatic heterocycles. The molecule has 1 saturated carbocycles. The molecule has 8 nitrogen and oxygen atoms in total. The molecular formula is C13H15N3O5. The van der Waals surface area contributed by atoms with E-state index in [-0.39, 0.29) is 17.4 Å². The van der Waals surface area contributed by atoms with Crippen molar-refractivity contribution in [1.82, 2.24) is 9.55 Å². The summed E-state index contributed by atoms with van der Waals surface area (Å²) in [6, 6.07) is -0.0630. The number of fused-ring (bicyclic) bond motifs is 1. The Balaban J connectivity index is 2.16. The van der Waals surface area contributed by atoms with E-state index >= 15 is 0 Å². The molecule has 0 radical (unpaired) electrons. The Morgan fingerprint density at radius 1 is 1.24 bits per heavy atom. The smallest absolute Gasteiger partial charge is 0.330 e. The number of carboxylic acid groups (broad SMARTS) is 1. The largest absolute Gasteiger partial charge is 0.481 e. The van der Waals surface area contributed by atoms with Gasteiger partial charge in [0.05, 0.1) is 17.9 Å². The third-order valence-corrected chi connectivity index (χ3v) is 4.16. The van der Waals surface area contributed by atoms with Crippen molar-refractivity contribution in [3.63, 3.8) is 0 Å². The Morgan fingerprint density at radius 3 is 2.52 bits per heavy atom. The lowest BCUT2D eigenvalue weighted by molar-refractivity contribution is -0.138. The van der Waals surface area contributed by atoms with Crippen molar-refractivity contribution in [3.05, 3.63) is 26.4 Å². The fourth-order valence-corrected chi connectivity index (χ4v) is 3.23. The zero-order valence-electron chi connectivity index (χ0n) is 11.2. The van der Waals surface area contributed by atoms with Crippen LogP contribution in [-0.2, 0) is 9.59 Å². The number of amides is 1. The lowest BCUT2D eigenvalue weighted by Gasteiger charge is -2.17. The number of aromatic nitrogens is 2. The van der Waals surface area contributed by atoms with Crippen LogP contribution in [0.2, 0.25) is 0 Å². The van der Waals surface area contributed by atoms with Gasteiger partial charge >= 0.3 is 11.7 Å². The van der Waals surface area contributed by atoms with Crippen LogP contribution in [0.15, 0.2) is 9.59 Å². The molecule has 3 N–H and O–H groups in total. The topological polar surface area (TPSA) is 121 Å². The van der Waals surface area contributed by atoms with Gasteiger partial charge in [0, 0.05) is 6.04 Å². The van der Waals surface area contributed by atoms with Gasteiger partial charge in [-0.2, -0.15) is 0 Å². The zero-order chi connectivity index (χ0) is 15.1. The Labute approximate surface area is 118 Å². The van der Waals surface area contributed by atoms with Gasteiger partial charge in [-0.25, -0.2) is 4.79 Å². The van der Waals surface area contributed by atoms with Crippen LogP contribution in [0, 0.1) is 0 Å². The minimum absolute atomic E-state index is 0.0630. The van der Waals surface area contributed by atoms with E-state index in [1.807, 2.05) is 0 Å². The molecule has 3 rings (SSSR count). The number of carbonyl (C=O) groups is 2. The van der Waals surface area contributed by atoms with E-state index < -0.39 is 35.5 Å². The standard InChI is InChI=1S/C13H15N3O5/c17-8(18)5-7-9-10(14-11(7)19)16(6-3-1-2-4-6)13(21)15-12(9)20/h6-7H,1-5H2,(H,14,19)(H,17,18)(H,15,20,21). The van der Waals surface area contributed by atoms with Gasteiger partial charge < -0.3 is 10.4 Å². The Morgan fingerprint density at radius 2 is 1.90 bits per heavy atom. The lowest BCUT2D eigenvalue weighted by Crippen LogP contribution is -2.34. The summed E-state index contributed by atoms with van der Waals surface area (Å²) in [5.41, 5.74) is -1.18. The summed E-state index contributed by atoms with van der Waals surface area (Å²) in [4.78, 5) is 49.1. The molecule has 2 aliphatic rings. The Bertz CT molecular complexity index is 726. The van der Waals surface area contributed by atoms with Crippen molar-refractivity contribution in [2.75, 3.05) is 5.32 Å². The highest BCUT2D eigenvalue weighted by Crippen LogP contribution is 2.36. The number of nitrogens with zero attached hydrogens (tertiary/aromatic N) is 1. The van der Waals surface area contributed by atoms with Gasteiger partial charge in [-0.3, -0.25) is 23.9 Å². The average Bonchev–Trinajstić information content (AvgIpc) is 2.99.